The number of nitrogens with zero attached hydrogens (tertiary/aromatic N) is 2. The van der Waals surface area contributed by atoms with E-state index in [0.29, 0.717) is 13.1 Å². The molecule has 2 rings (SSSR count). The highest BCUT2D eigenvalue weighted by Gasteiger charge is 2.03. The van der Waals surface area contributed by atoms with Crippen molar-refractivity contribution in [2.24, 2.45) is 0 Å². The molecular weight excluding hydrogens is 288 g/mol. The zero-order chi connectivity index (χ0) is 16.7. The Kier molecular flexibility index (Phi) is 6.32. The van der Waals surface area contributed by atoms with Gasteiger partial charge in [-0.25, -0.2) is 0 Å². The number of aliphatic hydroxyl groups excluding tert-OH is 1. The molecule has 0 aromatic heterocycles. The summed E-state index contributed by atoms with van der Waals surface area (Å²) in [6.07, 6.45) is 0.838. The van der Waals surface area contributed by atoms with Crippen LogP contribution in [0.2, 0.25) is 0 Å². The molecule has 0 spiro atoms. The van der Waals surface area contributed by atoms with Crippen LogP contribution >= 0.6 is 0 Å². The van der Waals surface area contributed by atoms with Gasteiger partial charge in [-0.2, -0.15) is 0 Å². The second-order valence-corrected chi connectivity index (χ2v) is 5.88. The van der Waals surface area contributed by atoms with Gasteiger partial charge in [-0.15, -0.1) is 0 Å². The van der Waals surface area contributed by atoms with E-state index in [1.165, 1.54) is 5.56 Å². The first-order chi connectivity index (χ1) is 11.1. The number of carbonyl (C=O) groups is 1. The summed E-state index contributed by atoms with van der Waals surface area (Å²) in [4.78, 5) is 14.5. The summed E-state index contributed by atoms with van der Waals surface area (Å²) in [5.41, 5.74) is 4.65. The summed E-state index contributed by atoms with van der Waals surface area (Å²) >= 11 is 0. The molecule has 23 heavy (non-hydrogen) atoms. The Hall–Kier alpha value is -2.17. The number of hydrogen-bond acceptors (Lipinski definition) is 3. The molecule has 0 fully saturated rings. The van der Waals surface area contributed by atoms with Gasteiger partial charge in [0.2, 0.25) is 6.41 Å². The van der Waals surface area contributed by atoms with Gasteiger partial charge in [-0.05, 0) is 35.4 Å². The second kappa shape index (κ2) is 8.46. The molecular formula is C19H24N2O2. The average Bonchev–Trinajstić information content (AvgIpc) is 2.56. The Balaban J connectivity index is 2.10. The molecule has 0 saturated carbocycles. The van der Waals surface area contributed by atoms with Crippen LogP contribution in [0.4, 0.5) is 0 Å². The molecule has 1 N–H and O–H groups in total. The standard InChI is InChI=1S/C19H24N2O2/c1-20(10-11-22)13-16-6-8-18(9-7-16)19-5-3-4-17(12-19)14-21(2)15-23/h3-9,12,15,22H,10-11,13-14H2,1-2H3. The molecule has 0 bridgehead atoms. The maximum Gasteiger partial charge on any atom is 0.209 e. The molecule has 2 aromatic carbocycles. The number of hydrogen-bond donors (Lipinski definition) is 1. The van der Waals surface area contributed by atoms with Gasteiger partial charge in [0.05, 0.1) is 6.61 Å². The van der Waals surface area contributed by atoms with Crippen molar-refractivity contribution >= 4 is 6.41 Å². The van der Waals surface area contributed by atoms with Crippen molar-refractivity contribution in [2.45, 2.75) is 13.1 Å². The summed E-state index contributed by atoms with van der Waals surface area (Å²) in [6.45, 7) is 2.29. The van der Waals surface area contributed by atoms with Gasteiger partial charge in [-0.1, -0.05) is 42.5 Å². The third-order valence-electron chi connectivity index (χ3n) is 3.76. The Bertz CT molecular complexity index is 626. The highest BCUT2D eigenvalue weighted by atomic mass is 16.3. The first-order valence-electron chi connectivity index (χ1n) is 7.75. The van der Waals surface area contributed by atoms with Crippen LogP contribution < -0.4 is 0 Å². The summed E-state index contributed by atoms with van der Waals surface area (Å²) in [5, 5.41) is 8.95. The molecule has 0 aliphatic heterocycles. The molecule has 0 atom stereocenters. The van der Waals surface area contributed by atoms with Crippen molar-refractivity contribution in [1.29, 1.82) is 0 Å². The number of carbonyl (C=O) groups excluding carboxylic acids is 1. The maximum atomic E-state index is 10.7. The number of rotatable bonds is 8. The molecule has 0 radical (unpaired) electrons. The van der Waals surface area contributed by atoms with Crippen LogP contribution in [0, 0.1) is 0 Å². The van der Waals surface area contributed by atoms with Crippen LogP contribution in [0.1, 0.15) is 11.1 Å². The molecule has 0 aliphatic rings. The molecule has 122 valence electrons. The van der Waals surface area contributed by atoms with E-state index in [-0.39, 0.29) is 6.61 Å². The smallest absolute Gasteiger partial charge is 0.209 e. The predicted molar refractivity (Wildman–Crippen MR) is 92.8 cm³/mol. The topological polar surface area (TPSA) is 43.8 Å². The van der Waals surface area contributed by atoms with Crippen molar-refractivity contribution in [3.05, 3.63) is 59.7 Å². The van der Waals surface area contributed by atoms with E-state index in [9.17, 15) is 4.79 Å². The molecule has 0 unspecified atom stereocenters. The molecule has 1 amide bonds. The van der Waals surface area contributed by atoms with Gasteiger partial charge in [0, 0.05) is 26.7 Å². The Labute approximate surface area is 138 Å². The molecule has 0 aliphatic carbocycles. The Morgan fingerprint density at radius 2 is 1.70 bits per heavy atom. The van der Waals surface area contributed by atoms with Crippen molar-refractivity contribution in [3.8, 4) is 11.1 Å². The van der Waals surface area contributed by atoms with Gasteiger partial charge in [0.15, 0.2) is 0 Å². The van der Waals surface area contributed by atoms with Gasteiger partial charge < -0.3 is 10.0 Å². The zero-order valence-corrected chi connectivity index (χ0v) is 13.8. The van der Waals surface area contributed by atoms with Gasteiger partial charge in [0.25, 0.3) is 0 Å². The molecule has 4 heteroatoms. The summed E-state index contributed by atoms with van der Waals surface area (Å²) in [6, 6.07) is 16.7. The molecule has 0 saturated heterocycles. The van der Waals surface area contributed by atoms with Crippen molar-refractivity contribution in [3.63, 3.8) is 0 Å². The number of aliphatic hydroxyl groups is 1. The van der Waals surface area contributed by atoms with E-state index in [0.717, 1.165) is 29.6 Å². The van der Waals surface area contributed by atoms with Gasteiger partial charge >= 0.3 is 0 Å². The van der Waals surface area contributed by atoms with Crippen LogP contribution in [0.3, 0.4) is 0 Å². The highest BCUT2D eigenvalue weighted by molar-refractivity contribution is 5.64. The van der Waals surface area contributed by atoms with Crippen LogP contribution in [0.5, 0.6) is 0 Å². The summed E-state index contributed by atoms with van der Waals surface area (Å²) in [7, 11) is 3.77. The van der Waals surface area contributed by atoms with E-state index in [1.54, 1.807) is 11.9 Å². The maximum absolute atomic E-state index is 10.7. The number of amides is 1. The minimum Gasteiger partial charge on any atom is -0.395 e. The number of benzene rings is 2. The lowest BCUT2D eigenvalue weighted by atomic mass is 10.0. The monoisotopic (exact) mass is 312 g/mol. The summed E-state index contributed by atoms with van der Waals surface area (Å²) in [5.74, 6) is 0. The number of likely N-dealkylation sites (N-methyl/N-ethyl adjacent to an activating group) is 1. The van der Waals surface area contributed by atoms with Crippen LogP contribution in [0.25, 0.3) is 11.1 Å². The molecule has 0 heterocycles. The van der Waals surface area contributed by atoms with Crippen LogP contribution in [-0.2, 0) is 17.9 Å². The second-order valence-electron chi connectivity index (χ2n) is 5.88. The lowest BCUT2D eigenvalue weighted by molar-refractivity contribution is -0.117. The third kappa shape index (κ3) is 5.20. The normalized spacial score (nSPS) is 10.8. The van der Waals surface area contributed by atoms with Crippen molar-refractivity contribution < 1.29 is 9.90 Å². The SMILES string of the molecule is CN(C=O)Cc1cccc(-c2ccc(CN(C)CCO)cc2)c1. The Morgan fingerprint density at radius 3 is 2.35 bits per heavy atom. The minimum atomic E-state index is 0.177. The van der Waals surface area contributed by atoms with Crippen LogP contribution in [-0.4, -0.2) is 48.6 Å². The third-order valence-corrected chi connectivity index (χ3v) is 3.76. The van der Waals surface area contributed by atoms with E-state index < -0.39 is 0 Å². The van der Waals surface area contributed by atoms with E-state index in [2.05, 4.69) is 41.3 Å². The summed E-state index contributed by atoms with van der Waals surface area (Å²) < 4.78 is 0. The minimum absolute atomic E-state index is 0.177. The fourth-order valence-electron chi connectivity index (χ4n) is 2.54. The van der Waals surface area contributed by atoms with Gasteiger partial charge in [0.1, 0.15) is 0 Å². The molecule has 4 nitrogen and oxygen atoms in total. The zero-order valence-electron chi connectivity index (χ0n) is 13.8. The quantitative estimate of drug-likeness (QED) is 0.761. The van der Waals surface area contributed by atoms with Crippen molar-refractivity contribution in [2.75, 3.05) is 27.2 Å². The fraction of sp³-hybridized carbons (Fsp3) is 0.316. The van der Waals surface area contributed by atoms with Crippen LogP contribution in [0.15, 0.2) is 48.5 Å². The lowest BCUT2D eigenvalue weighted by Gasteiger charge is -2.15. The van der Waals surface area contributed by atoms with E-state index in [4.69, 9.17) is 5.11 Å². The van der Waals surface area contributed by atoms with Crippen molar-refractivity contribution in [1.82, 2.24) is 9.80 Å². The largest absolute Gasteiger partial charge is 0.395 e. The van der Waals surface area contributed by atoms with E-state index >= 15 is 0 Å². The average molecular weight is 312 g/mol. The predicted octanol–water partition coefficient (Wildman–Crippen LogP) is 2.37. The fourth-order valence-corrected chi connectivity index (χ4v) is 2.54. The lowest BCUT2D eigenvalue weighted by Crippen LogP contribution is -2.21. The van der Waals surface area contributed by atoms with Gasteiger partial charge in [-0.3, -0.25) is 9.69 Å². The first kappa shape index (κ1) is 17.2. The Morgan fingerprint density at radius 1 is 0.957 bits per heavy atom. The van der Waals surface area contributed by atoms with E-state index in [1.807, 2.05) is 19.2 Å². The first-order valence-corrected chi connectivity index (χ1v) is 7.75. The highest BCUT2D eigenvalue weighted by Crippen LogP contribution is 2.22. The molecule has 2 aromatic rings.